The molecule has 0 fully saturated rings. The highest BCUT2D eigenvalue weighted by molar-refractivity contribution is 5.77. The van der Waals surface area contributed by atoms with Crippen LogP contribution in [0.15, 0.2) is 79.3 Å². The summed E-state index contributed by atoms with van der Waals surface area (Å²) in [5.74, 6) is 1.18. The molecule has 28 heavy (non-hydrogen) atoms. The van der Waals surface area contributed by atoms with Gasteiger partial charge in [0.25, 0.3) is 11.4 Å². The van der Waals surface area contributed by atoms with Gasteiger partial charge in [-0.3, -0.25) is 9.97 Å². The number of para-hydroxylation sites is 1. The van der Waals surface area contributed by atoms with Crippen LogP contribution >= 0.6 is 0 Å². The molecule has 132 valence electrons. The predicted octanol–water partition coefficient (Wildman–Crippen LogP) is 4.27. The smallest absolute Gasteiger partial charge is 0.286 e. The quantitative estimate of drug-likeness (QED) is 0.376. The van der Waals surface area contributed by atoms with Gasteiger partial charge in [-0.15, -0.1) is 0 Å². The summed E-state index contributed by atoms with van der Waals surface area (Å²) in [4.78, 5) is 27.0. The molecule has 0 radical (unpaired) electrons. The van der Waals surface area contributed by atoms with Crippen molar-refractivity contribution in [3.63, 3.8) is 0 Å². The first kappa shape index (κ1) is 15.2. The Balaban J connectivity index is 1.88. The van der Waals surface area contributed by atoms with Crippen molar-refractivity contribution in [3.05, 3.63) is 107 Å². The molecule has 1 spiro atoms. The molecule has 0 bridgehead atoms. The van der Waals surface area contributed by atoms with Gasteiger partial charge in [0, 0.05) is 46.8 Å². The Morgan fingerprint density at radius 1 is 0.714 bits per heavy atom. The van der Waals surface area contributed by atoms with E-state index in [-0.39, 0.29) is 0 Å². The first-order valence-corrected chi connectivity index (χ1v) is 8.93. The number of rotatable bonds is 0. The van der Waals surface area contributed by atoms with Gasteiger partial charge in [0.2, 0.25) is 5.88 Å². The summed E-state index contributed by atoms with van der Waals surface area (Å²) in [7, 11) is 0. The van der Waals surface area contributed by atoms with Crippen molar-refractivity contribution in [1.29, 1.82) is 0 Å². The standard InChI is InChI=1S/C22H13N4O2/c27-26-16-8-4-11-23-19(16)22(20-17(26)9-5-12-24-20)14-6-1-2-10-18(14)28-21-15(22)7-3-13-25-21/h1-13H/q+1. The second-order valence-electron chi connectivity index (χ2n) is 6.74. The molecule has 6 rings (SSSR count). The number of nitroso groups, excluding NO2 is 1. The molecule has 0 N–H and O–H groups in total. The molecule has 5 heterocycles. The Bertz CT molecular complexity index is 1190. The van der Waals surface area contributed by atoms with Crippen molar-refractivity contribution >= 4 is 11.4 Å². The van der Waals surface area contributed by atoms with Crippen LogP contribution in [-0.4, -0.2) is 15.0 Å². The number of ether oxygens (including phenoxy) is 1. The number of pyridine rings is 3. The molecule has 0 saturated heterocycles. The van der Waals surface area contributed by atoms with Crippen LogP contribution in [0.2, 0.25) is 0 Å². The van der Waals surface area contributed by atoms with Crippen LogP contribution in [0.3, 0.4) is 0 Å². The Kier molecular flexibility index (Phi) is 2.87. The molecule has 3 aromatic heterocycles. The molecule has 0 amide bonds. The summed E-state index contributed by atoms with van der Waals surface area (Å²) >= 11 is 0. The minimum Gasteiger partial charge on any atom is -0.438 e. The lowest BCUT2D eigenvalue weighted by Crippen LogP contribution is -2.40. The number of fused-ring (bicyclic) bond motifs is 8. The molecule has 2 aliphatic rings. The zero-order chi connectivity index (χ0) is 18.7. The summed E-state index contributed by atoms with van der Waals surface area (Å²) in [6.07, 6.45) is 5.11. The molecule has 0 aliphatic carbocycles. The molecule has 4 aromatic rings. The van der Waals surface area contributed by atoms with Gasteiger partial charge in [-0.05, 0) is 24.3 Å². The Morgan fingerprint density at radius 3 is 2.07 bits per heavy atom. The fourth-order valence-corrected chi connectivity index (χ4v) is 4.32. The van der Waals surface area contributed by atoms with Crippen LogP contribution in [0.5, 0.6) is 11.6 Å². The maximum atomic E-state index is 13.1. The van der Waals surface area contributed by atoms with Crippen molar-refractivity contribution in [2.45, 2.75) is 5.41 Å². The van der Waals surface area contributed by atoms with E-state index in [4.69, 9.17) is 4.74 Å². The molecule has 2 aliphatic heterocycles. The summed E-state index contributed by atoms with van der Waals surface area (Å²) in [5, 5.41) is 0. The molecule has 0 unspecified atom stereocenters. The van der Waals surface area contributed by atoms with E-state index in [0.29, 0.717) is 34.4 Å². The van der Waals surface area contributed by atoms with Crippen molar-refractivity contribution in [2.24, 2.45) is 0 Å². The van der Waals surface area contributed by atoms with E-state index in [0.717, 1.165) is 15.9 Å². The SMILES string of the molecule is O=[N+]1c2cccnc2C2(c3ccccc3Oc3ncccc32)c2ncccc21. The van der Waals surface area contributed by atoms with Crippen LogP contribution in [0, 0.1) is 4.91 Å². The predicted molar refractivity (Wildman–Crippen MR) is 103 cm³/mol. The zero-order valence-corrected chi connectivity index (χ0v) is 14.6. The summed E-state index contributed by atoms with van der Waals surface area (Å²) in [6.45, 7) is 0. The summed E-state index contributed by atoms with van der Waals surface area (Å²) in [6, 6.07) is 18.8. The highest BCUT2D eigenvalue weighted by Crippen LogP contribution is 2.58. The fourth-order valence-electron chi connectivity index (χ4n) is 4.32. The molecule has 0 atom stereocenters. The first-order valence-electron chi connectivity index (χ1n) is 8.93. The number of hydrogen-bond donors (Lipinski definition) is 0. The van der Waals surface area contributed by atoms with Gasteiger partial charge in [0.1, 0.15) is 22.6 Å². The lowest BCUT2D eigenvalue weighted by molar-refractivity contribution is 0.410. The number of benzene rings is 1. The van der Waals surface area contributed by atoms with Crippen LogP contribution in [0.1, 0.15) is 22.5 Å². The molecule has 6 heteroatoms. The van der Waals surface area contributed by atoms with Gasteiger partial charge < -0.3 is 4.74 Å². The normalized spacial score (nSPS) is 15.1. The first-order chi connectivity index (χ1) is 13.8. The largest absolute Gasteiger partial charge is 0.438 e. The Morgan fingerprint density at radius 2 is 1.32 bits per heavy atom. The monoisotopic (exact) mass is 365 g/mol. The summed E-state index contributed by atoms with van der Waals surface area (Å²) < 4.78 is 7.01. The van der Waals surface area contributed by atoms with Gasteiger partial charge >= 0.3 is 0 Å². The van der Waals surface area contributed by atoms with Crippen molar-refractivity contribution < 1.29 is 4.74 Å². The van der Waals surface area contributed by atoms with Crippen molar-refractivity contribution in [3.8, 4) is 11.6 Å². The van der Waals surface area contributed by atoms with E-state index in [1.807, 2.05) is 36.4 Å². The van der Waals surface area contributed by atoms with E-state index >= 15 is 0 Å². The van der Waals surface area contributed by atoms with Gasteiger partial charge in [-0.25, -0.2) is 4.98 Å². The topological polar surface area (TPSA) is 68.0 Å². The highest BCUT2D eigenvalue weighted by atomic mass is 16.5. The molecule has 0 saturated carbocycles. The Labute approximate surface area is 160 Å². The van der Waals surface area contributed by atoms with Crippen LogP contribution in [0.4, 0.5) is 11.4 Å². The van der Waals surface area contributed by atoms with E-state index in [1.54, 1.807) is 42.9 Å². The third kappa shape index (κ3) is 1.69. The van der Waals surface area contributed by atoms with E-state index in [1.165, 1.54) is 0 Å². The van der Waals surface area contributed by atoms with E-state index in [9.17, 15) is 4.91 Å². The average molecular weight is 365 g/mol. The molecule has 6 nitrogen and oxygen atoms in total. The lowest BCUT2D eigenvalue weighted by atomic mass is 9.66. The van der Waals surface area contributed by atoms with E-state index in [2.05, 4.69) is 15.0 Å². The van der Waals surface area contributed by atoms with Crippen LogP contribution < -0.4 is 9.50 Å². The molecule has 1 aromatic carbocycles. The number of nitrogens with zero attached hydrogens (tertiary/aromatic N) is 4. The lowest BCUT2D eigenvalue weighted by Gasteiger charge is -2.39. The minimum absolute atomic E-state index is 0.494. The molecular weight excluding hydrogens is 352 g/mol. The van der Waals surface area contributed by atoms with Gasteiger partial charge in [-0.2, -0.15) is 0 Å². The third-order valence-electron chi connectivity index (χ3n) is 5.39. The average Bonchev–Trinajstić information content (AvgIpc) is 2.77. The maximum absolute atomic E-state index is 13.1. The fraction of sp³-hybridized carbons (Fsp3) is 0.0455. The van der Waals surface area contributed by atoms with Gasteiger partial charge in [0.05, 0.1) is 4.76 Å². The number of aromatic nitrogens is 3. The third-order valence-corrected chi connectivity index (χ3v) is 5.39. The van der Waals surface area contributed by atoms with Crippen LogP contribution in [-0.2, 0) is 5.41 Å². The van der Waals surface area contributed by atoms with Gasteiger partial charge in [-0.1, -0.05) is 24.3 Å². The molecular formula is C22H13N4O2+. The minimum atomic E-state index is -0.882. The zero-order valence-electron chi connectivity index (χ0n) is 14.6. The van der Waals surface area contributed by atoms with Crippen molar-refractivity contribution in [1.82, 2.24) is 19.7 Å². The van der Waals surface area contributed by atoms with Gasteiger partial charge in [0.15, 0.2) is 0 Å². The van der Waals surface area contributed by atoms with E-state index < -0.39 is 5.41 Å². The second kappa shape index (κ2) is 5.29. The van der Waals surface area contributed by atoms with Crippen molar-refractivity contribution in [2.75, 3.05) is 0 Å². The second-order valence-corrected chi connectivity index (χ2v) is 6.74. The van der Waals surface area contributed by atoms with Crippen LogP contribution in [0.25, 0.3) is 0 Å². The highest BCUT2D eigenvalue weighted by Gasteiger charge is 2.57. The number of hydrogen-bond acceptors (Lipinski definition) is 5. The Hall–Kier alpha value is -3.93. The summed E-state index contributed by atoms with van der Waals surface area (Å²) in [5.41, 5.74) is 3.07. The maximum Gasteiger partial charge on any atom is 0.286 e.